The van der Waals surface area contributed by atoms with Gasteiger partial charge in [0.05, 0.1) is 13.7 Å². The molecule has 0 saturated heterocycles. The van der Waals surface area contributed by atoms with E-state index in [4.69, 9.17) is 14.0 Å². The number of urea groups is 1. The fourth-order valence-corrected chi connectivity index (χ4v) is 2.24. The minimum absolute atomic E-state index is 0.341. The monoisotopic (exact) mass is 353 g/mol. The number of amides is 2. The highest BCUT2D eigenvalue weighted by molar-refractivity contribution is 5.88. The van der Waals surface area contributed by atoms with Crippen molar-refractivity contribution in [3.63, 3.8) is 0 Å². The van der Waals surface area contributed by atoms with E-state index in [0.717, 1.165) is 11.3 Å². The third-order valence-corrected chi connectivity index (χ3v) is 3.53. The third kappa shape index (κ3) is 4.76. The van der Waals surface area contributed by atoms with Crippen LogP contribution in [0.4, 0.5) is 10.6 Å². The van der Waals surface area contributed by atoms with Crippen LogP contribution >= 0.6 is 0 Å². The number of carbonyl (C=O) groups excluding carboxylic acids is 1. The second-order valence-corrected chi connectivity index (χ2v) is 5.35. The van der Waals surface area contributed by atoms with Crippen molar-refractivity contribution in [3.8, 4) is 22.8 Å². The van der Waals surface area contributed by atoms with Crippen molar-refractivity contribution < 1.29 is 18.8 Å². The zero-order chi connectivity index (χ0) is 18.2. The van der Waals surface area contributed by atoms with Gasteiger partial charge in [-0.2, -0.15) is 0 Å². The number of rotatable bonds is 7. The van der Waals surface area contributed by atoms with Gasteiger partial charge >= 0.3 is 6.03 Å². The van der Waals surface area contributed by atoms with Gasteiger partial charge < -0.3 is 19.3 Å². The quantitative estimate of drug-likeness (QED) is 0.635. The first-order chi connectivity index (χ1) is 12.7. The van der Waals surface area contributed by atoms with Crippen LogP contribution in [-0.4, -0.2) is 31.4 Å². The van der Waals surface area contributed by atoms with E-state index in [1.807, 2.05) is 42.5 Å². The van der Waals surface area contributed by atoms with Crippen LogP contribution in [0.2, 0.25) is 0 Å². The second kappa shape index (κ2) is 8.57. The zero-order valence-corrected chi connectivity index (χ0v) is 14.3. The van der Waals surface area contributed by atoms with E-state index >= 15 is 0 Å². The standard InChI is InChI=1S/C19H19N3O4/c1-24-15-7-9-16(10-8-15)25-12-11-20-19(23)21-18-13-17(26-22-18)14-5-3-2-4-6-14/h2-10,13H,11-12H2,1H3,(H2,20,21,22,23). The van der Waals surface area contributed by atoms with Crippen LogP contribution in [0, 0.1) is 0 Å². The van der Waals surface area contributed by atoms with Gasteiger partial charge in [0.25, 0.3) is 0 Å². The molecule has 3 aromatic rings. The molecule has 134 valence electrons. The molecule has 0 radical (unpaired) electrons. The largest absolute Gasteiger partial charge is 0.497 e. The van der Waals surface area contributed by atoms with E-state index in [2.05, 4.69) is 15.8 Å². The molecule has 0 aliphatic carbocycles. The lowest BCUT2D eigenvalue weighted by molar-refractivity contribution is 0.247. The summed E-state index contributed by atoms with van der Waals surface area (Å²) in [6, 6.07) is 18.1. The number of carbonyl (C=O) groups is 1. The topological polar surface area (TPSA) is 85.6 Å². The molecule has 2 N–H and O–H groups in total. The SMILES string of the molecule is COc1ccc(OCCNC(=O)Nc2cc(-c3ccccc3)on2)cc1. The first-order valence-corrected chi connectivity index (χ1v) is 8.08. The van der Waals surface area contributed by atoms with Gasteiger partial charge in [0.15, 0.2) is 11.6 Å². The highest BCUT2D eigenvalue weighted by Crippen LogP contribution is 2.21. The molecule has 3 rings (SSSR count). The molecule has 0 saturated carbocycles. The second-order valence-electron chi connectivity index (χ2n) is 5.35. The zero-order valence-electron chi connectivity index (χ0n) is 14.3. The van der Waals surface area contributed by atoms with E-state index in [9.17, 15) is 4.79 Å². The first-order valence-electron chi connectivity index (χ1n) is 8.08. The molecular formula is C19H19N3O4. The number of aromatic nitrogens is 1. The Morgan fingerprint density at radius 1 is 1.08 bits per heavy atom. The Balaban J connectivity index is 1.41. The van der Waals surface area contributed by atoms with Gasteiger partial charge in [0.1, 0.15) is 18.1 Å². The van der Waals surface area contributed by atoms with Crippen LogP contribution in [0.1, 0.15) is 0 Å². The molecule has 2 aromatic carbocycles. The molecular weight excluding hydrogens is 334 g/mol. The lowest BCUT2D eigenvalue weighted by Crippen LogP contribution is -2.32. The molecule has 7 nitrogen and oxygen atoms in total. The molecule has 1 aromatic heterocycles. The summed E-state index contributed by atoms with van der Waals surface area (Å²) in [5.74, 6) is 2.40. The number of ether oxygens (including phenoxy) is 2. The van der Waals surface area contributed by atoms with E-state index in [1.165, 1.54) is 0 Å². The average Bonchev–Trinajstić information content (AvgIpc) is 3.15. The Labute approximate surface area is 150 Å². The summed E-state index contributed by atoms with van der Waals surface area (Å²) in [6.07, 6.45) is 0. The summed E-state index contributed by atoms with van der Waals surface area (Å²) < 4.78 is 15.8. The lowest BCUT2D eigenvalue weighted by Gasteiger charge is -2.08. The van der Waals surface area contributed by atoms with E-state index < -0.39 is 0 Å². The van der Waals surface area contributed by atoms with Gasteiger partial charge in [-0.15, -0.1) is 0 Å². The Hall–Kier alpha value is -3.48. The summed E-state index contributed by atoms with van der Waals surface area (Å²) in [5, 5.41) is 9.15. The van der Waals surface area contributed by atoms with Crippen molar-refractivity contribution >= 4 is 11.8 Å². The number of nitrogens with one attached hydrogen (secondary N) is 2. The summed E-state index contributed by atoms with van der Waals surface area (Å²) in [4.78, 5) is 11.9. The predicted molar refractivity (Wildman–Crippen MR) is 97.4 cm³/mol. The maximum absolute atomic E-state index is 11.9. The van der Waals surface area contributed by atoms with Crippen molar-refractivity contribution in [2.45, 2.75) is 0 Å². The highest BCUT2D eigenvalue weighted by atomic mass is 16.5. The van der Waals surface area contributed by atoms with Gasteiger partial charge in [0, 0.05) is 11.6 Å². The number of hydrogen-bond donors (Lipinski definition) is 2. The molecule has 0 spiro atoms. The van der Waals surface area contributed by atoms with Crippen molar-refractivity contribution in [1.29, 1.82) is 0 Å². The smallest absolute Gasteiger partial charge is 0.320 e. The average molecular weight is 353 g/mol. The van der Waals surface area contributed by atoms with E-state index in [-0.39, 0.29) is 6.03 Å². The van der Waals surface area contributed by atoms with E-state index in [1.54, 1.807) is 25.3 Å². The molecule has 0 aliphatic rings. The fraction of sp³-hybridized carbons (Fsp3) is 0.158. The highest BCUT2D eigenvalue weighted by Gasteiger charge is 2.09. The molecule has 0 unspecified atom stereocenters. The van der Waals surface area contributed by atoms with Crippen molar-refractivity contribution in [2.24, 2.45) is 0 Å². The molecule has 0 aliphatic heterocycles. The molecule has 7 heteroatoms. The lowest BCUT2D eigenvalue weighted by atomic mass is 10.2. The van der Waals surface area contributed by atoms with Gasteiger partial charge in [-0.3, -0.25) is 5.32 Å². The minimum Gasteiger partial charge on any atom is -0.497 e. The summed E-state index contributed by atoms with van der Waals surface area (Å²) >= 11 is 0. The van der Waals surface area contributed by atoms with Crippen molar-refractivity contribution in [3.05, 3.63) is 60.7 Å². The number of benzene rings is 2. The molecule has 0 fully saturated rings. The van der Waals surface area contributed by atoms with Crippen LogP contribution in [0.3, 0.4) is 0 Å². The maximum atomic E-state index is 11.9. The molecule has 26 heavy (non-hydrogen) atoms. The van der Waals surface area contributed by atoms with Crippen molar-refractivity contribution in [1.82, 2.24) is 10.5 Å². The van der Waals surface area contributed by atoms with Crippen LogP contribution in [0.5, 0.6) is 11.5 Å². The van der Waals surface area contributed by atoms with Gasteiger partial charge in [-0.05, 0) is 24.3 Å². The predicted octanol–water partition coefficient (Wildman–Crippen LogP) is 3.55. The fourth-order valence-electron chi connectivity index (χ4n) is 2.24. The molecule has 0 bridgehead atoms. The van der Waals surface area contributed by atoms with Crippen LogP contribution in [-0.2, 0) is 0 Å². The van der Waals surface area contributed by atoms with Gasteiger partial charge in [0.2, 0.25) is 0 Å². The van der Waals surface area contributed by atoms with E-state index in [0.29, 0.717) is 30.5 Å². The number of hydrogen-bond acceptors (Lipinski definition) is 5. The van der Waals surface area contributed by atoms with Crippen LogP contribution < -0.4 is 20.1 Å². The van der Waals surface area contributed by atoms with Gasteiger partial charge in [-0.1, -0.05) is 35.5 Å². The van der Waals surface area contributed by atoms with Crippen LogP contribution in [0.25, 0.3) is 11.3 Å². The number of nitrogens with zero attached hydrogens (tertiary/aromatic N) is 1. The van der Waals surface area contributed by atoms with Gasteiger partial charge in [-0.25, -0.2) is 4.79 Å². The van der Waals surface area contributed by atoms with Crippen molar-refractivity contribution in [2.75, 3.05) is 25.6 Å². The summed E-state index contributed by atoms with van der Waals surface area (Å²) in [5.41, 5.74) is 0.890. The summed E-state index contributed by atoms with van der Waals surface area (Å²) in [6.45, 7) is 0.690. The number of anilines is 1. The Kier molecular flexibility index (Phi) is 5.72. The third-order valence-electron chi connectivity index (χ3n) is 3.53. The molecule has 1 heterocycles. The Morgan fingerprint density at radius 3 is 2.54 bits per heavy atom. The Morgan fingerprint density at radius 2 is 1.81 bits per heavy atom. The summed E-state index contributed by atoms with van der Waals surface area (Å²) in [7, 11) is 1.61. The Bertz CT molecular complexity index is 832. The maximum Gasteiger partial charge on any atom is 0.320 e. The van der Waals surface area contributed by atoms with Crippen LogP contribution in [0.15, 0.2) is 65.2 Å². The normalized spacial score (nSPS) is 10.2. The minimum atomic E-state index is -0.378. The molecule has 0 atom stereocenters. The first kappa shape index (κ1) is 17.3. The molecule has 2 amide bonds. The number of methoxy groups -OCH3 is 1.